The van der Waals surface area contributed by atoms with Crippen molar-refractivity contribution in [1.29, 1.82) is 0 Å². The monoisotopic (exact) mass is 566 g/mol. The summed E-state index contributed by atoms with van der Waals surface area (Å²) in [6.07, 6.45) is 4.93. The standard InChI is InChI=1S/C27H31ClN8O4/c1-15-12-32-20(16(2)22(15)39-3)14-36-24-21(23(28)33-27(29)34-24)19(26(36)38)11-18-10-17(13-31-18)25(37)30-4-5-35-6-8-40-9-7-35/h10-13,31H,4-9,14H2,1-3H3,(H,30,37)(H2,29,33,34)/b19-11+. The average molecular weight is 567 g/mol. The molecule has 0 unspecified atom stereocenters. The molecule has 0 aromatic carbocycles. The van der Waals surface area contributed by atoms with Gasteiger partial charge in [0.15, 0.2) is 5.82 Å². The van der Waals surface area contributed by atoms with E-state index >= 15 is 0 Å². The van der Waals surface area contributed by atoms with Crippen LogP contribution in [0.5, 0.6) is 5.75 Å². The summed E-state index contributed by atoms with van der Waals surface area (Å²) < 4.78 is 10.9. The number of carbonyl (C=O) groups excluding carboxylic acids is 2. The first-order chi connectivity index (χ1) is 19.3. The molecule has 2 amide bonds. The number of pyridine rings is 1. The zero-order chi connectivity index (χ0) is 28.4. The number of fused-ring (bicyclic) bond motifs is 1. The average Bonchev–Trinajstić information content (AvgIpc) is 3.50. The largest absolute Gasteiger partial charge is 0.496 e. The topological polar surface area (TPSA) is 152 Å². The highest BCUT2D eigenvalue weighted by Gasteiger charge is 2.37. The number of ether oxygens (including phenoxy) is 2. The second kappa shape index (κ2) is 11.6. The summed E-state index contributed by atoms with van der Waals surface area (Å²) >= 11 is 6.47. The predicted molar refractivity (Wildman–Crippen MR) is 151 cm³/mol. The smallest absolute Gasteiger partial charge is 0.260 e. The van der Waals surface area contributed by atoms with E-state index in [1.54, 1.807) is 31.6 Å². The summed E-state index contributed by atoms with van der Waals surface area (Å²) in [4.78, 5) is 46.1. The molecule has 0 spiro atoms. The molecule has 1 saturated heterocycles. The number of anilines is 2. The van der Waals surface area contributed by atoms with Crippen LogP contribution in [0.2, 0.25) is 5.15 Å². The third-order valence-corrected chi connectivity index (χ3v) is 7.28. The number of nitrogens with zero attached hydrogens (tertiary/aromatic N) is 5. The third-order valence-electron chi connectivity index (χ3n) is 7.01. The fourth-order valence-electron chi connectivity index (χ4n) is 4.91. The molecule has 12 nitrogen and oxygen atoms in total. The van der Waals surface area contributed by atoms with Gasteiger partial charge in [0.1, 0.15) is 10.9 Å². The normalized spacial score (nSPS) is 16.4. The lowest BCUT2D eigenvalue weighted by atomic mass is 10.1. The molecule has 1 fully saturated rings. The molecular formula is C27H31ClN8O4. The van der Waals surface area contributed by atoms with Gasteiger partial charge in [-0.05, 0) is 26.0 Å². The highest BCUT2D eigenvalue weighted by Crippen LogP contribution is 2.41. The molecule has 0 bridgehead atoms. The molecule has 3 aromatic rings. The van der Waals surface area contributed by atoms with Crippen molar-refractivity contribution >= 4 is 46.8 Å². The number of nitrogen functional groups attached to an aromatic ring is 1. The van der Waals surface area contributed by atoms with Gasteiger partial charge < -0.3 is 25.5 Å². The van der Waals surface area contributed by atoms with E-state index in [9.17, 15) is 9.59 Å². The van der Waals surface area contributed by atoms with Gasteiger partial charge in [-0.15, -0.1) is 0 Å². The maximum Gasteiger partial charge on any atom is 0.260 e. The second-order valence-electron chi connectivity index (χ2n) is 9.62. The molecule has 0 aliphatic carbocycles. The summed E-state index contributed by atoms with van der Waals surface area (Å²) in [5.74, 6) is 0.392. The molecule has 5 heterocycles. The van der Waals surface area contributed by atoms with Crippen LogP contribution in [-0.4, -0.2) is 83.2 Å². The van der Waals surface area contributed by atoms with Crippen molar-refractivity contribution < 1.29 is 19.1 Å². The van der Waals surface area contributed by atoms with Crippen molar-refractivity contribution in [1.82, 2.24) is 30.2 Å². The van der Waals surface area contributed by atoms with E-state index < -0.39 is 0 Å². The number of rotatable bonds is 8. The molecule has 0 atom stereocenters. The highest BCUT2D eigenvalue weighted by molar-refractivity contribution is 6.41. The lowest BCUT2D eigenvalue weighted by Gasteiger charge is -2.26. The van der Waals surface area contributed by atoms with Gasteiger partial charge in [-0.25, -0.2) is 4.98 Å². The molecule has 5 rings (SSSR count). The molecule has 13 heteroatoms. The minimum atomic E-state index is -0.344. The maximum absolute atomic E-state index is 13.7. The molecule has 2 aliphatic heterocycles. The number of aromatic nitrogens is 4. The van der Waals surface area contributed by atoms with Crippen molar-refractivity contribution in [2.24, 2.45) is 0 Å². The first-order valence-corrected chi connectivity index (χ1v) is 13.3. The van der Waals surface area contributed by atoms with Gasteiger partial charge in [-0.2, -0.15) is 4.98 Å². The number of H-pyrrole nitrogens is 1. The van der Waals surface area contributed by atoms with Crippen LogP contribution in [0.25, 0.3) is 11.6 Å². The van der Waals surface area contributed by atoms with E-state index in [0.717, 1.165) is 30.8 Å². The number of morpholine rings is 1. The molecule has 4 N–H and O–H groups in total. The first-order valence-electron chi connectivity index (χ1n) is 12.9. The van der Waals surface area contributed by atoms with Crippen molar-refractivity contribution in [3.05, 3.63) is 57.3 Å². The lowest BCUT2D eigenvalue weighted by molar-refractivity contribution is -0.113. The minimum absolute atomic E-state index is 0.0510. The Kier molecular flexibility index (Phi) is 8.01. The van der Waals surface area contributed by atoms with Crippen LogP contribution in [0.3, 0.4) is 0 Å². The molecule has 2 aliphatic rings. The van der Waals surface area contributed by atoms with Gasteiger partial charge in [0.25, 0.3) is 11.8 Å². The Morgan fingerprint density at radius 2 is 2.08 bits per heavy atom. The van der Waals surface area contributed by atoms with Gasteiger partial charge >= 0.3 is 0 Å². The summed E-state index contributed by atoms with van der Waals surface area (Å²) in [6.45, 7) is 8.32. The zero-order valence-corrected chi connectivity index (χ0v) is 23.3. The van der Waals surface area contributed by atoms with Crippen LogP contribution >= 0.6 is 11.6 Å². The summed E-state index contributed by atoms with van der Waals surface area (Å²) in [5.41, 5.74) is 9.88. The number of hydrogen-bond donors (Lipinski definition) is 3. The number of aromatic amines is 1. The van der Waals surface area contributed by atoms with Crippen molar-refractivity contribution in [3.8, 4) is 5.75 Å². The summed E-state index contributed by atoms with van der Waals surface area (Å²) in [5, 5.41) is 3.00. The quantitative estimate of drug-likeness (QED) is 0.275. The first kappa shape index (κ1) is 27.6. The van der Waals surface area contributed by atoms with Crippen LogP contribution in [0.1, 0.15) is 38.4 Å². The van der Waals surface area contributed by atoms with Crippen molar-refractivity contribution in [2.75, 3.05) is 57.1 Å². The minimum Gasteiger partial charge on any atom is -0.496 e. The van der Waals surface area contributed by atoms with Crippen LogP contribution in [0, 0.1) is 13.8 Å². The molecular weight excluding hydrogens is 536 g/mol. The van der Waals surface area contributed by atoms with E-state index in [2.05, 4.69) is 30.2 Å². The van der Waals surface area contributed by atoms with Gasteiger partial charge in [-0.3, -0.25) is 24.4 Å². The van der Waals surface area contributed by atoms with Gasteiger partial charge in [0.2, 0.25) is 5.95 Å². The second-order valence-corrected chi connectivity index (χ2v) is 9.98. The van der Waals surface area contributed by atoms with Crippen LogP contribution in [-0.2, 0) is 16.1 Å². The Bertz CT molecular complexity index is 1480. The summed E-state index contributed by atoms with van der Waals surface area (Å²) in [7, 11) is 1.60. The van der Waals surface area contributed by atoms with E-state index in [0.29, 0.717) is 53.8 Å². The van der Waals surface area contributed by atoms with E-state index in [1.165, 1.54) is 4.90 Å². The number of amides is 2. The van der Waals surface area contributed by atoms with Crippen LogP contribution in [0.15, 0.2) is 18.5 Å². The maximum atomic E-state index is 13.7. The number of carbonyl (C=O) groups is 2. The highest BCUT2D eigenvalue weighted by atomic mass is 35.5. The van der Waals surface area contributed by atoms with Gasteiger partial charge in [0, 0.05) is 55.4 Å². The Morgan fingerprint density at radius 1 is 1.30 bits per heavy atom. The molecule has 210 valence electrons. The molecule has 0 saturated carbocycles. The van der Waals surface area contributed by atoms with Crippen molar-refractivity contribution in [2.45, 2.75) is 20.4 Å². The Balaban J connectivity index is 1.38. The number of nitrogens with one attached hydrogen (secondary N) is 2. The lowest BCUT2D eigenvalue weighted by Crippen LogP contribution is -2.41. The molecule has 0 radical (unpaired) electrons. The third kappa shape index (κ3) is 5.51. The number of aryl methyl sites for hydroxylation is 1. The fourth-order valence-corrected chi connectivity index (χ4v) is 5.18. The Hall–Kier alpha value is -4.00. The SMILES string of the molecule is COc1c(C)cnc(CN2C(=O)/C(=C/c3cc(C(=O)NCCN4CCOCC4)c[nH]3)c3c(Cl)nc(N)nc32)c1C. The zero-order valence-electron chi connectivity index (χ0n) is 22.6. The number of nitrogens with two attached hydrogens (primary N) is 1. The fraction of sp³-hybridized carbons (Fsp3) is 0.370. The van der Waals surface area contributed by atoms with E-state index in [1.807, 2.05) is 13.8 Å². The number of halogens is 1. The predicted octanol–water partition coefficient (Wildman–Crippen LogP) is 2.21. The van der Waals surface area contributed by atoms with Crippen LogP contribution < -0.4 is 20.7 Å². The van der Waals surface area contributed by atoms with Gasteiger partial charge in [0.05, 0.1) is 49.3 Å². The summed E-state index contributed by atoms with van der Waals surface area (Å²) in [6, 6.07) is 1.68. The molecule has 3 aromatic heterocycles. The van der Waals surface area contributed by atoms with E-state index in [4.69, 9.17) is 26.8 Å². The van der Waals surface area contributed by atoms with Gasteiger partial charge in [-0.1, -0.05) is 11.6 Å². The number of methoxy groups -OCH3 is 1. The van der Waals surface area contributed by atoms with Crippen molar-refractivity contribution in [3.63, 3.8) is 0 Å². The van der Waals surface area contributed by atoms with E-state index in [-0.39, 0.29) is 35.0 Å². The molecule has 40 heavy (non-hydrogen) atoms. The Labute approximate surface area is 236 Å². The van der Waals surface area contributed by atoms with Crippen LogP contribution in [0.4, 0.5) is 11.8 Å². The number of hydrogen-bond acceptors (Lipinski definition) is 9. The Morgan fingerprint density at radius 3 is 2.83 bits per heavy atom.